The Morgan fingerprint density at radius 2 is 1.86 bits per heavy atom. The molecule has 2 aromatic carbocycles. The molecule has 9 nitrogen and oxygen atoms in total. The maximum Gasteiger partial charge on any atom is 0.262 e. The molecule has 10 heteroatoms. The Kier molecular flexibility index (Phi) is 6.91. The first-order chi connectivity index (χ1) is 18.0. The van der Waals surface area contributed by atoms with Crippen molar-refractivity contribution in [3.8, 4) is 34.1 Å². The fraction of sp³-hybridized carbons (Fsp3) is 0.296. The van der Waals surface area contributed by atoms with Crippen LogP contribution in [0.5, 0.6) is 23.0 Å². The van der Waals surface area contributed by atoms with Gasteiger partial charge in [-0.05, 0) is 49.2 Å². The molecule has 3 heterocycles. The van der Waals surface area contributed by atoms with Crippen LogP contribution in [0.25, 0.3) is 22.0 Å². The average Bonchev–Trinajstić information content (AvgIpc) is 2.92. The van der Waals surface area contributed by atoms with E-state index in [1.54, 1.807) is 44.6 Å². The minimum Gasteiger partial charge on any atom is -0.493 e. The Balaban J connectivity index is 1.42. The number of nitrogens with zero attached hydrogens (tertiary/aromatic N) is 3. The Morgan fingerprint density at radius 1 is 1.05 bits per heavy atom. The Morgan fingerprint density at radius 3 is 2.59 bits per heavy atom. The normalized spacial score (nSPS) is 15.4. The van der Waals surface area contributed by atoms with Crippen molar-refractivity contribution < 1.29 is 18.6 Å². The van der Waals surface area contributed by atoms with Gasteiger partial charge in [0.15, 0.2) is 23.1 Å². The molecule has 1 fully saturated rings. The molecule has 0 saturated carbocycles. The number of fused-ring (bicyclic) bond motifs is 1. The summed E-state index contributed by atoms with van der Waals surface area (Å²) in [6, 6.07) is 9.73. The van der Waals surface area contributed by atoms with Crippen LogP contribution in [0.3, 0.4) is 0 Å². The van der Waals surface area contributed by atoms with Gasteiger partial charge in [-0.2, -0.15) is 0 Å². The maximum atomic E-state index is 15.2. The summed E-state index contributed by atoms with van der Waals surface area (Å²) in [5.41, 5.74) is 1.05. The molecule has 1 aliphatic rings. The first-order valence-corrected chi connectivity index (χ1v) is 12.0. The summed E-state index contributed by atoms with van der Waals surface area (Å²) in [5, 5.41) is 7.29. The van der Waals surface area contributed by atoms with E-state index in [-0.39, 0.29) is 17.4 Å². The van der Waals surface area contributed by atoms with Crippen molar-refractivity contribution in [2.45, 2.75) is 18.9 Å². The molecule has 1 aliphatic heterocycles. The summed E-state index contributed by atoms with van der Waals surface area (Å²) in [6.07, 6.45) is 5.12. The number of aromatic nitrogens is 3. The van der Waals surface area contributed by atoms with Crippen LogP contribution in [-0.4, -0.2) is 47.9 Å². The van der Waals surface area contributed by atoms with Crippen molar-refractivity contribution in [2.75, 3.05) is 32.6 Å². The van der Waals surface area contributed by atoms with Gasteiger partial charge >= 0.3 is 0 Å². The minimum absolute atomic E-state index is 0.0129. The van der Waals surface area contributed by atoms with Crippen LogP contribution in [-0.2, 0) is 7.05 Å². The molecule has 0 radical (unpaired) electrons. The standard InChI is InChI=1S/C27H28FN5O4/c1-33-26(34)19(15-31-27(33)32-17-5-4-9-29-14-17)16-6-7-23(20(28)11-16)37-22-8-10-30-21-13-25(36-3)24(35-2)12-18(21)22/h6-8,10-13,15,17,29H,4-5,9,14H2,1-3H3,(H,31,32). The lowest BCUT2D eigenvalue weighted by Crippen LogP contribution is -2.40. The number of rotatable bonds is 7. The van der Waals surface area contributed by atoms with Crippen molar-refractivity contribution in [2.24, 2.45) is 7.05 Å². The molecule has 1 saturated heterocycles. The number of hydrogen-bond donors (Lipinski definition) is 2. The van der Waals surface area contributed by atoms with E-state index in [0.717, 1.165) is 25.9 Å². The van der Waals surface area contributed by atoms with Crippen molar-refractivity contribution in [3.05, 3.63) is 65.0 Å². The zero-order valence-corrected chi connectivity index (χ0v) is 20.9. The van der Waals surface area contributed by atoms with Crippen LogP contribution in [0.1, 0.15) is 12.8 Å². The summed E-state index contributed by atoms with van der Waals surface area (Å²) in [7, 11) is 4.74. The van der Waals surface area contributed by atoms with Gasteiger partial charge in [-0.15, -0.1) is 0 Å². The van der Waals surface area contributed by atoms with Crippen LogP contribution < -0.4 is 30.4 Å². The highest BCUT2D eigenvalue weighted by molar-refractivity contribution is 5.88. The lowest BCUT2D eigenvalue weighted by atomic mass is 10.1. The molecule has 5 rings (SSSR count). The molecule has 2 aromatic heterocycles. The van der Waals surface area contributed by atoms with E-state index in [1.165, 1.54) is 30.0 Å². The highest BCUT2D eigenvalue weighted by Gasteiger charge is 2.18. The third-order valence-electron chi connectivity index (χ3n) is 6.47. The second kappa shape index (κ2) is 10.4. The number of hydrogen-bond acceptors (Lipinski definition) is 8. The summed E-state index contributed by atoms with van der Waals surface area (Å²) in [4.78, 5) is 21.8. The second-order valence-electron chi connectivity index (χ2n) is 8.83. The van der Waals surface area contributed by atoms with Gasteiger partial charge in [-0.25, -0.2) is 9.37 Å². The van der Waals surface area contributed by atoms with Gasteiger partial charge in [0.2, 0.25) is 5.95 Å². The van der Waals surface area contributed by atoms with Crippen LogP contribution in [0, 0.1) is 5.82 Å². The highest BCUT2D eigenvalue weighted by Crippen LogP contribution is 2.37. The van der Waals surface area contributed by atoms with E-state index in [2.05, 4.69) is 20.6 Å². The molecule has 1 atom stereocenters. The number of anilines is 1. The fourth-order valence-electron chi connectivity index (χ4n) is 4.44. The third-order valence-corrected chi connectivity index (χ3v) is 6.47. The van der Waals surface area contributed by atoms with Crippen LogP contribution in [0.4, 0.5) is 10.3 Å². The van der Waals surface area contributed by atoms with Crippen LogP contribution in [0.15, 0.2) is 53.6 Å². The zero-order chi connectivity index (χ0) is 25.9. The molecule has 1 unspecified atom stereocenters. The number of pyridine rings is 1. The molecular formula is C27H28FN5O4. The van der Waals surface area contributed by atoms with Crippen molar-refractivity contribution in [1.82, 2.24) is 19.9 Å². The summed E-state index contributed by atoms with van der Waals surface area (Å²) >= 11 is 0. The topological polar surface area (TPSA) is 99.5 Å². The molecule has 4 aromatic rings. The SMILES string of the molecule is COc1cc2nccc(Oc3ccc(-c4cnc(NC5CCCNC5)n(C)c4=O)cc3F)c2cc1OC. The predicted octanol–water partition coefficient (Wildman–Crippen LogP) is 4.11. The van der Waals surface area contributed by atoms with E-state index >= 15 is 4.39 Å². The monoisotopic (exact) mass is 505 g/mol. The Labute approximate surface area is 213 Å². The van der Waals surface area contributed by atoms with Gasteiger partial charge in [0.1, 0.15) is 5.75 Å². The third kappa shape index (κ3) is 4.92. The maximum absolute atomic E-state index is 15.2. The van der Waals surface area contributed by atoms with E-state index in [9.17, 15) is 4.79 Å². The summed E-state index contributed by atoms with van der Waals surface area (Å²) < 4.78 is 33.3. The smallest absolute Gasteiger partial charge is 0.262 e. The van der Waals surface area contributed by atoms with Gasteiger partial charge in [-0.3, -0.25) is 14.3 Å². The van der Waals surface area contributed by atoms with E-state index < -0.39 is 5.82 Å². The summed E-state index contributed by atoms with van der Waals surface area (Å²) in [5.74, 6) is 1.33. The molecule has 0 bridgehead atoms. The van der Waals surface area contributed by atoms with E-state index in [1.807, 2.05) is 0 Å². The number of halogens is 1. The van der Waals surface area contributed by atoms with Gasteiger partial charge in [-0.1, -0.05) is 6.07 Å². The molecule has 2 N–H and O–H groups in total. The molecule has 0 spiro atoms. The molecule has 192 valence electrons. The Hall–Kier alpha value is -4.18. The van der Waals surface area contributed by atoms with Gasteiger partial charge in [0, 0.05) is 43.5 Å². The number of piperidine rings is 1. The number of methoxy groups -OCH3 is 2. The van der Waals surface area contributed by atoms with Crippen LogP contribution >= 0.6 is 0 Å². The van der Waals surface area contributed by atoms with Gasteiger partial charge in [0.05, 0.1) is 25.3 Å². The number of nitrogens with one attached hydrogen (secondary N) is 2. The quantitative estimate of drug-likeness (QED) is 0.387. The van der Waals surface area contributed by atoms with Crippen LogP contribution in [0.2, 0.25) is 0 Å². The van der Waals surface area contributed by atoms with E-state index in [4.69, 9.17) is 14.2 Å². The van der Waals surface area contributed by atoms with Crippen molar-refractivity contribution in [1.29, 1.82) is 0 Å². The summed E-state index contributed by atoms with van der Waals surface area (Å²) in [6.45, 7) is 1.81. The zero-order valence-electron chi connectivity index (χ0n) is 20.9. The molecule has 37 heavy (non-hydrogen) atoms. The molecule has 0 amide bonds. The predicted molar refractivity (Wildman–Crippen MR) is 139 cm³/mol. The van der Waals surface area contributed by atoms with Crippen molar-refractivity contribution in [3.63, 3.8) is 0 Å². The lowest BCUT2D eigenvalue weighted by Gasteiger charge is -2.25. The first kappa shape index (κ1) is 24.5. The van der Waals surface area contributed by atoms with Gasteiger partial charge in [0.25, 0.3) is 5.56 Å². The van der Waals surface area contributed by atoms with E-state index in [0.29, 0.717) is 45.2 Å². The van der Waals surface area contributed by atoms with Crippen molar-refractivity contribution >= 4 is 16.9 Å². The number of benzene rings is 2. The first-order valence-electron chi connectivity index (χ1n) is 12.0. The fourth-order valence-corrected chi connectivity index (χ4v) is 4.44. The minimum atomic E-state index is -0.611. The lowest BCUT2D eigenvalue weighted by molar-refractivity contribution is 0.355. The average molecular weight is 506 g/mol. The number of ether oxygens (including phenoxy) is 3. The highest BCUT2D eigenvalue weighted by atomic mass is 19.1. The largest absolute Gasteiger partial charge is 0.493 e. The van der Waals surface area contributed by atoms with Gasteiger partial charge < -0.3 is 24.8 Å². The Bertz CT molecular complexity index is 1500. The molecule has 0 aliphatic carbocycles. The molecular weight excluding hydrogens is 477 g/mol. The second-order valence-corrected chi connectivity index (χ2v) is 8.83.